The lowest BCUT2D eigenvalue weighted by Gasteiger charge is -2.07. The van der Waals surface area contributed by atoms with Crippen molar-refractivity contribution < 1.29 is 19.4 Å². The van der Waals surface area contributed by atoms with E-state index >= 15 is 0 Å². The topological polar surface area (TPSA) is 93.8 Å². The lowest BCUT2D eigenvalue weighted by Crippen LogP contribution is -2.27. The van der Waals surface area contributed by atoms with Crippen LogP contribution in [0.15, 0.2) is 12.1 Å². The van der Waals surface area contributed by atoms with Gasteiger partial charge in [-0.3, -0.25) is 4.79 Å². The van der Waals surface area contributed by atoms with Crippen LogP contribution in [0.4, 0.5) is 5.69 Å². The van der Waals surface area contributed by atoms with E-state index in [1.165, 1.54) is 6.07 Å². The maximum Gasteiger partial charge on any atom is 0.253 e. The third-order valence-electron chi connectivity index (χ3n) is 2.19. The Hall–Kier alpha value is -1.95. The molecule has 0 unspecified atom stereocenters. The van der Waals surface area contributed by atoms with Crippen molar-refractivity contribution in [3.05, 3.63) is 17.7 Å². The first-order valence-electron chi connectivity index (χ1n) is 4.80. The van der Waals surface area contributed by atoms with E-state index in [4.69, 9.17) is 20.3 Å². The minimum Gasteiger partial charge on any atom is -0.454 e. The van der Waals surface area contributed by atoms with E-state index in [2.05, 4.69) is 5.32 Å². The van der Waals surface area contributed by atoms with Crippen molar-refractivity contribution in [3.63, 3.8) is 0 Å². The summed E-state index contributed by atoms with van der Waals surface area (Å²) in [6.45, 7) is 0.208. The van der Waals surface area contributed by atoms with Crippen LogP contribution in [0.25, 0.3) is 0 Å². The number of hydrogen-bond donors (Lipinski definition) is 3. The SMILES string of the molecule is Nc1cc2c(cc1C(=O)NCCO)OCO2. The van der Waals surface area contributed by atoms with E-state index < -0.39 is 0 Å². The second-order valence-electron chi connectivity index (χ2n) is 3.27. The van der Waals surface area contributed by atoms with Crippen LogP contribution >= 0.6 is 0 Å². The molecule has 0 aliphatic carbocycles. The van der Waals surface area contributed by atoms with Gasteiger partial charge in [0.25, 0.3) is 5.91 Å². The smallest absolute Gasteiger partial charge is 0.253 e. The summed E-state index contributed by atoms with van der Waals surface area (Å²) in [6, 6.07) is 3.08. The molecular formula is C10H12N2O4. The van der Waals surface area contributed by atoms with Crippen molar-refractivity contribution in [1.29, 1.82) is 0 Å². The number of aliphatic hydroxyl groups is 1. The second-order valence-corrected chi connectivity index (χ2v) is 3.27. The number of aliphatic hydroxyl groups excluding tert-OH is 1. The van der Waals surface area contributed by atoms with Gasteiger partial charge in [-0.05, 0) is 6.07 Å². The minimum absolute atomic E-state index is 0.115. The molecule has 1 aromatic carbocycles. The second kappa shape index (κ2) is 4.28. The summed E-state index contributed by atoms with van der Waals surface area (Å²) in [5.41, 5.74) is 6.34. The van der Waals surface area contributed by atoms with E-state index in [0.29, 0.717) is 22.7 Å². The average molecular weight is 224 g/mol. The number of benzene rings is 1. The Balaban J connectivity index is 2.24. The molecule has 0 saturated carbocycles. The molecule has 0 bridgehead atoms. The Morgan fingerprint density at radius 1 is 1.44 bits per heavy atom. The van der Waals surface area contributed by atoms with Crippen LogP contribution in [0.2, 0.25) is 0 Å². The molecule has 1 aromatic rings. The van der Waals surface area contributed by atoms with Crippen LogP contribution in [0, 0.1) is 0 Å². The van der Waals surface area contributed by atoms with Gasteiger partial charge in [0.1, 0.15) is 0 Å². The molecule has 0 atom stereocenters. The van der Waals surface area contributed by atoms with Crippen molar-refractivity contribution in [3.8, 4) is 11.5 Å². The first-order valence-corrected chi connectivity index (χ1v) is 4.80. The molecule has 1 aliphatic rings. The normalized spacial score (nSPS) is 12.6. The van der Waals surface area contributed by atoms with Crippen molar-refractivity contribution in [2.45, 2.75) is 0 Å². The molecule has 1 heterocycles. The lowest BCUT2D eigenvalue weighted by atomic mass is 10.1. The maximum atomic E-state index is 11.6. The number of carbonyl (C=O) groups excluding carboxylic acids is 1. The summed E-state index contributed by atoms with van der Waals surface area (Å²) in [6.07, 6.45) is 0. The van der Waals surface area contributed by atoms with Gasteiger partial charge in [0.2, 0.25) is 6.79 Å². The lowest BCUT2D eigenvalue weighted by molar-refractivity contribution is 0.0945. The van der Waals surface area contributed by atoms with Gasteiger partial charge in [-0.1, -0.05) is 0 Å². The zero-order chi connectivity index (χ0) is 11.5. The number of carbonyl (C=O) groups is 1. The Morgan fingerprint density at radius 3 is 2.81 bits per heavy atom. The molecule has 0 aromatic heterocycles. The summed E-state index contributed by atoms with van der Waals surface area (Å²) in [5.74, 6) is 0.699. The molecule has 4 N–H and O–H groups in total. The fourth-order valence-electron chi connectivity index (χ4n) is 1.42. The fourth-order valence-corrected chi connectivity index (χ4v) is 1.42. The van der Waals surface area contributed by atoms with E-state index in [1.807, 2.05) is 0 Å². The summed E-state index contributed by atoms with van der Waals surface area (Å²) < 4.78 is 10.3. The van der Waals surface area contributed by atoms with Crippen LogP contribution in [-0.2, 0) is 0 Å². The van der Waals surface area contributed by atoms with Gasteiger partial charge in [-0.2, -0.15) is 0 Å². The Morgan fingerprint density at radius 2 is 2.12 bits per heavy atom. The van der Waals surface area contributed by atoms with E-state index in [-0.39, 0.29) is 25.9 Å². The number of ether oxygens (including phenoxy) is 2. The van der Waals surface area contributed by atoms with Gasteiger partial charge >= 0.3 is 0 Å². The number of nitrogen functional groups attached to an aromatic ring is 1. The highest BCUT2D eigenvalue weighted by Gasteiger charge is 2.19. The molecule has 6 nitrogen and oxygen atoms in total. The third kappa shape index (κ3) is 1.87. The quantitative estimate of drug-likeness (QED) is 0.614. The maximum absolute atomic E-state index is 11.6. The molecule has 0 saturated heterocycles. The number of fused-ring (bicyclic) bond motifs is 1. The van der Waals surface area contributed by atoms with Gasteiger partial charge in [0.15, 0.2) is 11.5 Å². The molecule has 1 amide bonds. The van der Waals surface area contributed by atoms with Crippen LogP contribution < -0.4 is 20.5 Å². The molecule has 0 radical (unpaired) electrons. The van der Waals surface area contributed by atoms with E-state index in [0.717, 1.165) is 0 Å². The summed E-state index contributed by atoms with van der Waals surface area (Å²) in [7, 11) is 0. The highest BCUT2D eigenvalue weighted by Crippen LogP contribution is 2.35. The molecule has 1 aliphatic heterocycles. The van der Waals surface area contributed by atoms with E-state index in [1.54, 1.807) is 6.07 Å². The molecular weight excluding hydrogens is 212 g/mol. The number of nitrogens with one attached hydrogen (secondary N) is 1. The number of rotatable bonds is 3. The Kier molecular flexibility index (Phi) is 2.82. The predicted octanol–water partition coefficient (Wildman–Crippen LogP) is -0.280. The summed E-state index contributed by atoms with van der Waals surface area (Å²) >= 11 is 0. The fraction of sp³-hybridized carbons (Fsp3) is 0.300. The largest absolute Gasteiger partial charge is 0.454 e. The standard InChI is InChI=1S/C10H12N2O4/c11-7-4-9-8(15-5-16-9)3-6(7)10(14)12-1-2-13/h3-4,13H,1-2,5,11H2,(H,12,14). The molecule has 16 heavy (non-hydrogen) atoms. The van der Waals surface area contributed by atoms with Crippen LogP contribution in [0.5, 0.6) is 11.5 Å². The van der Waals surface area contributed by atoms with Crippen molar-refractivity contribution >= 4 is 11.6 Å². The first-order chi connectivity index (χ1) is 7.72. The molecule has 86 valence electrons. The molecule has 0 fully saturated rings. The summed E-state index contributed by atoms with van der Waals surface area (Å²) in [5, 5.41) is 11.1. The molecule has 2 rings (SSSR count). The van der Waals surface area contributed by atoms with Crippen molar-refractivity contribution in [2.24, 2.45) is 0 Å². The summed E-state index contributed by atoms with van der Waals surface area (Å²) in [4.78, 5) is 11.6. The third-order valence-corrected chi connectivity index (χ3v) is 2.19. The number of nitrogens with two attached hydrogens (primary N) is 1. The zero-order valence-electron chi connectivity index (χ0n) is 8.53. The Bertz CT molecular complexity index is 420. The van der Waals surface area contributed by atoms with Crippen molar-refractivity contribution in [2.75, 3.05) is 25.7 Å². The van der Waals surface area contributed by atoms with Gasteiger partial charge < -0.3 is 25.6 Å². The van der Waals surface area contributed by atoms with Crippen LogP contribution in [0.3, 0.4) is 0 Å². The van der Waals surface area contributed by atoms with E-state index in [9.17, 15) is 4.79 Å². The highest BCUT2D eigenvalue weighted by molar-refractivity contribution is 6.00. The van der Waals surface area contributed by atoms with Gasteiger partial charge in [0.05, 0.1) is 12.2 Å². The monoisotopic (exact) mass is 224 g/mol. The van der Waals surface area contributed by atoms with Gasteiger partial charge in [0, 0.05) is 18.3 Å². The molecule has 0 spiro atoms. The average Bonchev–Trinajstić information content (AvgIpc) is 2.71. The highest BCUT2D eigenvalue weighted by atomic mass is 16.7. The van der Waals surface area contributed by atoms with Gasteiger partial charge in [-0.25, -0.2) is 0 Å². The zero-order valence-corrected chi connectivity index (χ0v) is 8.53. The first kappa shape index (κ1) is 10.6. The van der Waals surface area contributed by atoms with Crippen molar-refractivity contribution in [1.82, 2.24) is 5.32 Å². The number of anilines is 1. The number of amides is 1. The van der Waals surface area contributed by atoms with Gasteiger partial charge in [-0.15, -0.1) is 0 Å². The number of hydrogen-bond acceptors (Lipinski definition) is 5. The predicted molar refractivity (Wildman–Crippen MR) is 56.4 cm³/mol. The minimum atomic E-state index is -0.343. The molecule has 6 heteroatoms. The van der Waals surface area contributed by atoms with Crippen LogP contribution in [-0.4, -0.2) is 31.0 Å². The Labute approximate surface area is 92.0 Å². The van der Waals surface area contributed by atoms with Crippen LogP contribution in [0.1, 0.15) is 10.4 Å².